The maximum atomic E-state index is 17.2. The summed E-state index contributed by atoms with van der Waals surface area (Å²) in [6.07, 6.45) is 0. The molecule has 10 aromatic rings. The quantitative estimate of drug-likeness (QED) is 0.151. The van der Waals surface area contributed by atoms with E-state index in [0.29, 0.717) is 5.69 Å². The van der Waals surface area contributed by atoms with Gasteiger partial charge in [-0.25, -0.2) is 4.39 Å². The molecule has 0 aromatic heterocycles. The lowest BCUT2D eigenvalue weighted by molar-refractivity contribution is 0.629. The lowest BCUT2D eigenvalue weighted by Crippen LogP contribution is -2.14. The fourth-order valence-electron chi connectivity index (χ4n) is 8.77. The van der Waals surface area contributed by atoms with Crippen molar-refractivity contribution < 1.29 is 4.39 Å². The van der Waals surface area contributed by atoms with Crippen molar-refractivity contribution >= 4 is 67.4 Å². The molecule has 1 heterocycles. The predicted molar refractivity (Wildman–Crippen MR) is 251 cm³/mol. The monoisotopic (exact) mass is 788 g/mol. The van der Waals surface area contributed by atoms with E-state index in [0.717, 1.165) is 61.1 Å². The summed E-state index contributed by atoms with van der Waals surface area (Å²) in [6.45, 7) is 0. The highest BCUT2D eigenvalue weighted by Gasteiger charge is 2.27. The number of nitrogens with zero attached hydrogens (tertiary/aromatic N) is 2. The average molecular weight is 789 g/mol. The van der Waals surface area contributed by atoms with E-state index in [-0.39, 0.29) is 5.82 Å². The minimum absolute atomic E-state index is 0.291. The van der Waals surface area contributed by atoms with E-state index in [1.807, 2.05) is 66.7 Å². The fraction of sp³-hybridized carbons (Fsp3) is 0. The van der Waals surface area contributed by atoms with E-state index in [1.54, 1.807) is 17.8 Å². The topological polar surface area (TPSA) is 6.48 Å². The Kier molecular flexibility index (Phi) is 8.98. The van der Waals surface area contributed by atoms with Crippen LogP contribution in [-0.4, -0.2) is 0 Å². The predicted octanol–water partition coefficient (Wildman–Crippen LogP) is 16.5. The molecular formula is C56H37FN2S. The van der Waals surface area contributed by atoms with Crippen LogP contribution in [0.4, 0.5) is 38.5 Å². The van der Waals surface area contributed by atoms with Crippen molar-refractivity contribution in [1.29, 1.82) is 0 Å². The molecule has 0 amide bonds. The minimum Gasteiger partial charge on any atom is -0.309 e. The van der Waals surface area contributed by atoms with Crippen molar-refractivity contribution in [2.24, 2.45) is 0 Å². The normalized spacial score (nSPS) is 11.7. The first-order valence-corrected chi connectivity index (χ1v) is 21.0. The van der Waals surface area contributed by atoms with Gasteiger partial charge in [-0.3, -0.25) is 0 Å². The van der Waals surface area contributed by atoms with E-state index in [2.05, 4.69) is 161 Å². The third-order valence-corrected chi connectivity index (χ3v) is 12.6. The van der Waals surface area contributed by atoms with Crippen molar-refractivity contribution in [3.8, 4) is 33.4 Å². The van der Waals surface area contributed by atoms with Crippen LogP contribution in [0.1, 0.15) is 0 Å². The van der Waals surface area contributed by atoms with Crippen molar-refractivity contribution in [3.63, 3.8) is 0 Å². The Hall–Kier alpha value is -7.40. The molecule has 284 valence electrons. The molecule has 1 aliphatic heterocycles. The zero-order chi connectivity index (χ0) is 40.0. The number of anilines is 6. The molecular weight excluding hydrogens is 752 g/mol. The highest BCUT2D eigenvalue weighted by molar-refractivity contribution is 7.99. The van der Waals surface area contributed by atoms with Gasteiger partial charge in [0.25, 0.3) is 0 Å². The van der Waals surface area contributed by atoms with Gasteiger partial charge in [-0.15, -0.1) is 0 Å². The molecule has 1 aliphatic rings. The van der Waals surface area contributed by atoms with E-state index in [1.165, 1.54) is 32.0 Å². The van der Waals surface area contributed by atoms with E-state index in [9.17, 15) is 0 Å². The largest absolute Gasteiger partial charge is 0.309 e. The number of hydrogen-bond donors (Lipinski definition) is 0. The molecule has 60 heavy (non-hydrogen) atoms. The summed E-state index contributed by atoms with van der Waals surface area (Å²) < 4.78 is 17.2. The van der Waals surface area contributed by atoms with Gasteiger partial charge >= 0.3 is 0 Å². The van der Waals surface area contributed by atoms with Gasteiger partial charge < -0.3 is 9.80 Å². The number of benzene rings is 10. The van der Waals surface area contributed by atoms with Gasteiger partial charge in [-0.2, -0.15) is 0 Å². The molecule has 11 rings (SSSR count). The number of para-hydroxylation sites is 2. The number of halogens is 1. The van der Waals surface area contributed by atoms with Gasteiger partial charge in [-0.05, 0) is 99.9 Å². The zero-order valence-corrected chi connectivity index (χ0v) is 33.4. The lowest BCUT2D eigenvalue weighted by Gasteiger charge is -2.31. The molecule has 0 saturated carbocycles. The molecule has 0 radical (unpaired) electrons. The molecule has 0 fully saturated rings. The first-order chi connectivity index (χ1) is 29.7. The Morgan fingerprint density at radius 2 is 0.933 bits per heavy atom. The molecule has 0 aliphatic carbocycles. The van der Waals surface area contributed by atoms with Crippen molar-refractivity contribution in [3.05, 3.63) is 230 Å². The van der Waals surface area contributed by atoms with E-state index in [4.69, 9.17) is 0 Å². The Morgan fingerprint density at radius 1 is 0.350 bits per heavy atom. The van der Waals surface area contributed by atoms with Gasteiger partial charge in [0.05, 0.1) is 17.1 Å². The lowest BCUT2D eigenvalue weighted by atomic mass is 9.94. The Labute approximate surface area is 353 Å². The van der Waals surface area contributed by atoms with Crippen LogP contribution >= 0.6 is 11.8 Å². The molecule has 10 aromatic carbocycles. The van der Waals surface area contributed by atoms with Gasteiger partial charge in [0.1, 0.15) is 5.82 Å². The summed E-state index contributed by atoms with van der Waals surface area (Å²) >= 11 is 1.78. The third kappa shape index (κ3) is 6.21. The van der Waals surface area contributed by atoms with Crippen molar-refractivity contribution in [2.75, 3.05) is 9.80 Å². The number of rotatable bonds is 8. The molecule has 0 bridgehead atoms. The summed E-state index contributed by atoms with van der Waals surface area (Å²) in [7, 11) is 0. The molecule has 0 unspecified atom stereocenters. The van der Waals surface area contributed by atoms with Crippen LogP contribution < -0.4 is 9.80 Å². The number of hydrogen-bond acceptors (Lipinski definition) is 3. The zero-order valence-electron chi connectivity index (χ0n) is 32.5. The summed E-state index contributed by atoms with van der Waals surface area (Å²) in [5, 5.41) is 4.81. The number of fused-ring (bicyclic) bond motifs is 3. The molecule has 0 saturated heterocycles. The van der Waals surface area contributed by atoms with Gasteiger partial charge in [0.15, 0.2) is 0 Å². The summed E-state index contributed by atoms with van der Waals surface area (Å²) in [6, 6.07) is 77.7. The highest BCUT2D eigenvalue weighted by atomic mass is 32.2. The summed E-state index contributed by atoms with van der Waals surface area (Å²) in [5.41, 5.74) is 11.5. The van der Waals surface area contributed by atoms with Gasteiger partial charge in [0.2, 0.25) is 0 Å². The van der Waals surface area contributed by atoms with Crippen LogP contribution in [-0.2, 0) is 0 Å². The molecule has 0 atom stereocenters. The van der Waals surface area contributed by atoms with Crippen molar-refractivity contribution in [1.82, 2.24) is 0 Å². The SMILES string of the molecule is Fc1cc(-c2ccccc2)cc(-c2ccccc2)c1N(c1ccccc1)c1ccc2c(c1)Sc1cccc3c(N(c4ccccc4)c4cccc5ccccc45)ccc-2c13. The average Bonchev–Trinajstić information content (AvgIpc) is 3.31. The third-order valence-electron chi connectivity index (χ3n) is 11.5. The maximum absolute atomic E-state index is 17.2. The van der Waals surface area contributed by atoms with Gasteiger partial charge in [-0.1, -0.05) is 169 Å². The first kappa shape index (κ1) is 35.7. The van der Waals surface area contributed by atoms with E-state index < -0.39 is 0 Å². The first-order valence-electron chi connectivity index (χ1n) is 20.2. The van der Waals surface area contributed by atoms with Crippen LogP contribution in [0, 0.1) is 5.82 Å². The Bertz CT molecular complexity index is 3180. The second kappa shape index (κ2) is 15.1. The van der Waals surface area contributed by atoms with Crippen LogP contribution in [0.5, 0.6) is 0 Å². The van der Waals surface area contributed by atoms with Crippen LogP contribution in [0.15, 0.2) is 234 Å². The molecule has 4 heteroatoms. The summed E-state index contributed by atoms with van der Waals surface area (Å²) in [4.78, 5) is 6.79. The van der Waals surface area contributed by atoms with Crippen molar-refractivity contribution in [2.45, 2.75) is 9.79 Å². The molecule has 0 spiro atoms. The second-order valence-corrected chi connectivity index (χ2v) is 16.1. The van der Waals surface area contributed by atoms with Crippen LogP contribution in [0.2, 0.25) is 0 Å². The summed E-state index contributed by atoms with van der Waals surface area (Å²) in [5.74, 6) is -0.291. The fourth-order valence-corrected chi connectivity index (χ4v) is 9.94. The molecule has 2 nitrogen and oxygen atoms in total. The Morgan fingerprint density at radius 3 is 1.68 bits per heavy atom. The van der Waals surface area contributed by atoms with Gasteiger partial charge in [0, 0.05) is 48.6 Å². The minimum atomic E-state index is -0.291. The highest BCUT2D eigenvalue weighted by Crippen LogP contribution is 2.54. The maximum Gasteiger partial charge on any atom is 0.148 e. The van der Waals surface area contributed by atoms with E-state index >= 15 is 4.39 Å². The second-order valence-electron chi connectivity index (χ2n) is 15.0. The standard InChI is InChI=1S/C56H37FN2S/c57-50-36-41(38-17-5-1-6-18-38)35-49(40-19-7-2-8-20-40)56(50)58(42-23-9-3-10-24-42)44-31-32-46-47-33-34-52(48-28-16-30-53(55(47)48)60-54(46)37-44)59(43-25-11-4-12-26-43)51-29-15-22-39-21-13-14-27-45(39)51/h1-37H. The smallest absolute Gasteiger partial charge is 0.148 e. The van der Waals surface area contributed by atoms with Crippen LogP contribution in [0.25, 0.3) is 54.9 Å². The van der Waals surface area contributed by atoms with Crippen LogP contribution in [0.3, 0.4) is 0 Å². The molecule has 0 N–H and O–H groups in total. The Balaban J connectivity index is 1.08.